The number of aryl methyl sites for hydroxylation is 1. The van der Waals surface area contributed by atoms with E-state index in [0.29, 0.717) is 6.54 Å². The summed E-state index contributed by atoms with van der Waals surface area (Å²) >= 11 is 0. The zero-order valence-corrected chi connectivity index (χ0v) is 16.5. The molecule has 1 aromatic heterocycles. The van der Waals surface area contributed by atoms with Gasteiger partial charge in [-0.05, 0) is 38.0 Å². The third kappa shape index (κ3) is 3.43. The van der Waals surface area contributed by atoms with Gasteiger partial charge in [0, 0.05) is 12.1 Å². The number of nitrogens with one attached hydrogen (secondary N) is 1. The Balaban J connectivity index is 1.91. The lowest BCUT2D eigenvalue weighted by molar-refractivity contribution is 0.0635. The van der Waals surface area contributed by atoms with Gasteiger partial charge in [-0.2, -0.15) is 5.26 Å². The molecule has 1 aromatic carbocycles. The highest BCUT2D eigenvalue weighted by atomic mass is 16.4. The number of fused-ring (bicyclic) bond motifs is 1. The van der Waals surface area contributed by atoms with Gasteiger partial charge < -0.3 is 4.42 Å². The Kier molecular flexibility index (Phi) is 5.08. The fourth-order valence-electron chi connectivity index (χ4n) is 3.30. The van der Waals surface area contributed by atoms with Crippen LogP contribution >= 0.6 is 0 Å². The zero-order valence-electron chi connectivity index (χ0n) is 16.5. The SMILES string of the molecule is CC(=O)c1c(C)oc(NC(=O)c2ccc3c(c2)C(=O)N(CC(C)C)C3=O)c1C#N. The summed E-state index contributed by atoms with van der Waals surface area (Å²) in [7, 11) is 0. The molecule has 0 bridgehead atoms. The predicted octanol–water partition coefficient (Wildman–Crippen LogP) is 3.17. The van der Waals surface area contributed by atoms with E-state index >= 15 is 0 Å². The van der Waals surface area contributed by atoms with Crippen molar-refractivity contribution in [1.82, 2.24) is 4.90 Å². The minimum atomic E-state index is -0.629. The molecule has 1 N–H and O–H groups in total. The van der Waals surface area contributed by atoms with Crippen LogP contribution in [0.3, 0.4) is 0 Å². The van der Waals surface area contributed by atoms with Crippen molar-refractivity contribution in [2.24, 2.45) is 5.92 Å². The van der Waals surface area contributed by atoms with Gasteiger partial charge >= 0.3 is 0 Å². The van der Waals surface area contributed by atoms with Crippen molar-refractivity contribution in [2.45, 2.75) is 27.7 Å². The number of amides is 3. The van der Waals surface area contributed by atoms with Crippen LogP contribution in [0.5, 0.6) is 0 Å². The minimum Gasteiger partial charge on any atom is -0.443 e. The summed E-state index contributed by atoms with van der Waals surface area (Å²) in [6, 6.07) is 6.07. The van der Waals surface area contributed by atoms with Crippen LogP contribution in [0.2, 0.25) is 0 Å². The Morgan fingerprint density at radius 2 is 1.86 bits per heavy atom. The number of nitrogens with zero attached hydrogens (tertiary/aromatic N) is 2. The molecule has 0 spiro atoms. The van der Waals surface area contributed by atoms with E-state index in [4.69, 9.17) is 4.42 Å². The van der Waals surface area contributed by atoms with Crippen molar-refractivity contribution in [1.29, 1.82) is 5.26 Å². The maximum atomic E-state index is 12.6. The van der Waals surface area contributed by atoms with Crippen molar-refractivity contribution in [3.05, 3.63) is 51.8 Å². The third-order valence-electron chi connectivity index (χ3n) is 4.56. The molecule has 2 heterocycles. The van der Waals surface area contributed by atoms with Gasteiger partial charge in [0.2, 0.25) is 5.88 Å². The zero-order chi connectivity index (χ0) is 21.5. The van der Waals surface area contributed by atoms with E-state index in [-0.39, 0.29) is 57.1 Å². The first kappa shape index (κ1) is 20.0. The molecule has 0 fully saturated rings. The minimum absolute atomic E-state index is 0.0566. The number of imide groups is 1. The molecule has 2 aromatic rings. The van der Waals surface area contributed by atoms with E-state index in [1.165, 1.54) is 36.9 Å². The van der Waals surface area contributed by atoms with Gasteiger partial charge in [-0.15, -0.1) is 0 Å². The molecule has 0 atom stereocenters. The summed E-state index contributed by atoms with van der Waals surface area (Å²) in [4.78, 5) is 50.5. The van der Waals surface area contributed by atoms with Gasteiger partial charge in [-0.1, -0.05) is 13.8 Å². The second kappa shape index (κ2) is 7.36. The number of nitriles is 1. The number of ketones is 1. The van der Waals surface area contributed by atoms with Gasteiger partial charge in [-0.25, -0.2) is 0 Å². The van der Waals surface area contributed by atoms with Crippen molar-refractivity contribution in [3.63, 3.8) is 0 Å². The molecule has 1 aliphatic rings. The number of hydrogen-bond donors (Lipinski definition) is 1. The van der Waals surface area contributed by atoms with Crippen molar-refractivity contribution < 1.29 is 23.6 Å². The Morgan fingerprint density at radius 3 is 2.45 bits per heavy atom. The lowest BCUT2D eigenvalue weighted by Crippen LogP contribution is -2.33. The van der Waals surface area contributed by atoms with E-state index in [1.807, 2.05) is 19.9 Å². The van der Waals surface area contributed by atoms with E-state index < -0.39 is 11.8 Å². The lowest BCUT2D eigenvalue weighted by atomic mass is 10.0. The van der Waals surface area contributed by atoms with Gasteiger partial charge in [0.15, 0.2) is 5.78 Å². The Bertz CT molecular complexity index is 1100. The van der Waals surface area contributed by atoms with Crippen LogP contribution in [0.25, 0.3) is 0 Å². The smallest absolute Gasteiger partial charge is 0.261 e. The van der Waals surface area contributed by atoms with E-state index in [2.05, 4.69) is 5.32 Å². The molecule has 0 saturated heterocycles. The highest BCUT2D eigenvalue weighted by Crippen LogP contribution is 2.28. The fourth-order valence-corrected chi connectivity index (χ4v) is 3.30. The topological polar surface area (TPSA) is 120 Å². The normalized spacial score (nSPS) is 12.9. The van der Waals surface area contributed by atoms with Crippen molar-refractivity contribution in [3.8, 4) is 6.07 Å². The first-order valence-corrected chi connectivity index (χ1v) is 9.01. The van der Waals surface area contributed by atoms with Gasteiger partial charge in [0.05, 0.1) is 16.7 Å². The quantitative estimate of drug-likeness (QED) is 0.615. The standard InChI is InChI=1S/C21H19N3O5/c1-10(2)9-24-20(27)14-6-5-13(7-15(14)21(24)28)18(26)23-19-16(8-22)17(11(3)25)12(4)29-19/h5-7,10H,9H2,1-4H3,(H,23,26). The molecule has 1 aliphatic heterocycles. The molecular formula is C21H19N3O5. The van der Waals surface area contributed by atoms with E-state index in [1.54, 1.807) is 0 Å². The molecular weight excluding hydrogens is 374 g/mol. The second-order valence-electron chi connectivity index (χ2n) is 7.23. The van der Waals surface area contributed by atoms with Crippen LogP contribution < -0.4 is 5.32 Å². The number of hydrogen-bond acceptors (Lipinski definition) is 6. The maximum absolute atomic E-state index is 12.6. The monoisotopic (exact) mass is 393 g/mol. The second-order valence-corrected chi connectivity index (χ2v) is 7.23. The summed E-state index contributed by atoms with van der Waals surface area (Å²) in [6.07, 6.45) is 0. The average molecular weight is 393 g/mol. The van der Waals surface area contributed by atoms with Gasteiger partial charge in [-0.3, -0.25) is 29.4 Å². The first-order valence-electron chi connectivity index (χ1n) is 9.01. The molecule has 0 unspecified atom stereocenters. The van der Waals surface area contributed by atoms with Crippen LogP contribution in [0.1, 0.15) is 73.5 Å². The van der Waals surface area contributed by atoms with Crippen LogP contribution in [-0.2, 0) is 0 Å². The Hall–Kier alpha value is -3.73. The Labute approximate surface area is 167 Å². The molecule has 3 rings (SSSR count). The molecule has 3 amide bonds. The van der Waals surface area contributed by atoms with Gasteiger partial charge in [0.25, 0.3) is 17.7 Å². The first-order chi connectivity index (χ1) is 13.6. The van der Waals surface area contributed by atoms with Crippen LogP contribution in [0.4, 0.5) is 5.88 Å². The lowest BCUT2D eigenvalue weighted by Gasteiger charge is -2.15. The number of furan rings is 1. The molecule has 148 valence electrons. The highest BCUT2D eigenvalue weighted by Gasteiger charge is 2.36. The van der Waals surface area contributed by atoms with Gasteiger partial charge in [0.1, 0.15) is 17.4 Å². The largest absolute Gasteiger partial charge is 0.443 e. The third-order valence-corrected chi connectivity index (χ3v) is 4.56. The average Bonchev–Trinajstić information content (AvgIpc) is 3.09. The summed E-state index contributed by atoms with van der Waals surface area (Å²) in [5.74, 6) is -1.61. The fraction of sp³-hybridized carbons (Fsp3) is 0.286. The van der Waals surface area contributed by atoms with E-state index in [9.17, 15) is 24.4 Å². The number of Topliss-reactive ketones (excluding diaryl/α,β-unsaturated/α-hetero) is 1. The van der Waals surface area contributed by atoms with Crippen LogP contribution in [0.15, 0.2) is 22.6 Å². The van der Waals surface area contributed by atoms with Crippen LogP contribution in [0, 0.1) is 24.2 Å². The molecule has 8 heteroatoms. The molecule has 0 aliphatic carbocycles. The molecule has 29 heavy (non-hydrogen) atoms. The van der Waals surface area contributed by atoms with Crippen LogP contribution in [-0.4, -0.2) is 34.9 Å². The Morgan fingerprint density at radius 1 is 1.21 bits per heavy atom. The summed E-state index contributed by atoms with van der Waals surface area (Å²) in [5, 5.41) is 11.8. The molecule has 8 nitrogen and oxygen atoms in total. The van der Waals surface area contributed by atoms with E-state index in [0.717, 1.165) is 0 Å². The predicted molar refractivity (Wildman–Crippen MR) is 103 cm³/mol. The summed E-state index contributed by atoms with van der Waals surface area (Å²) in [6.45, 7) is 6.91. The number of carbonyl (C=O) groups is 4. The summed E-state index contributed by atoms with van der Waals surface area (Å²) in [5.41, 5.74) is 0.584. The van der Waals surface area contributed by atoms with Crippen molar-refractivity contribution >= 4 is 29.4 Å². The molecule has 0 radical (unpaired) electrons. The molecule has 0 saturated carbocycles. The van der Waals surface area contributed by atoms with Crippen molar-refractivity contribution in [2.75, 3.05) is 11.9 Å². The number of anilines is 1. The maximum Gasteiger partial charge on any atom is 0.261 e. The number of carbonyl (C=O) groups excluding carboxylic acids is 4. The number of benzene rings is 1. The summed E-state index contributed by atoms with van der Waals surface area (Å²) < 4.78 is 5.38. The highest BCUT2D eigenvalue weighted by molar-refractivity contribution is 6.22. The number of rotatable bonds is 5.